The van der Waals surface area contributed by atoms with Gasteiger partial charge in [-0.1, -0.05) is 18.2 Å². The van der Waals surface area contributed by atoms with Crippen molar-refractivity contribution in [3.63, 3.8) is 0 Å². The van der Waals surface area contributed by atoms with E-state index in [1.54, 1.807) is 6.07 Å². The first kappa shape index (κ1) is 13.1. The Balaban J connectivity index is 2.08. The number of hydrogen-bond donors (Lipinski definition) is 0. The molecule has 20 heavy (non-hydrogen) atoms. The number of ketones is 1. The maximum absolute atomic E-state index is 13.2. The van der Waals surface area contributed by atoms with E-state index in [1.807, 2.05) is 25.1 Å². The molecule has 2 nitrogen and oxygen atoms in total. The molecule has 0 radical (unpaired) electrons. The van der Waals surface area contributed by atoms with Gasteiger partial charge in [-0.2, -0.15) is 0 Å². The molecular weight excluding hydrogens is 323 g/mol. The van der Waals surface area contributed by atoms with Crippen molar-refractivity contribution in [1.29, 1.82) is 0 Å². The minimum atomic E-state index is -0.401. The van der Waals surface area contributed by atoms with Crippen molar-refractivity contribution in [3.8, 4) is 0 Å². The van der Waals surface area contributed by atoms with Crippen molar-refractivity contribution in [3.05, 3.63) is 69.6 Å². The highest BCUT2D eigenvalue weighted by Crippen LogP contribution is 2.25. The van der Waals surface area contributed by atoms with Crippen molar-refractivity contribution < 1.29 is 13.6 Å². The van der Waals surface area contributed by atoms with Crippen molar-refractivity contribution >= 4 is 32.7 Å². The van der Waals surface area contributed by atoms with Gasteiger partial charge in [-0.3, -0.25) is 4.79 Å². The van der Waals surface area contributed by atoms with Gasteiger partial charge in [0.1, 0.15) is 11.4 Å². The number of halogens is 2. The summed E-state index contributed by atoms with van der Waals surface area (Å²) in [5, 5.41) is 0.884. The number of fused-ring (bicyclic) bond motifs is 1. The van der Waals surface area contributed by atoms with E-state index in [0.29, 0.717) is 11.1 Å². The first-order valence-corrected chi connectivity index (χ1v) is 6.84. The molecule has 1 heterocycles. The number of furan rings is 1. The summed E-state index contributed by atoms with van der Waals surface area (Å²) >= 11 is 3.08. The summed E-state index contributed by atoms with van der Waals surface area (Å²) in [5.41, 5.74) is 2.06. The van der Waals surface area contributed by atoms with Crippen molar-refractivity contribution in [2.75, 3.05) is 0 Å². The standard InChI is InChI=1S/C16H10BrFO2/c1-9-3-2-4-11-8-14(20-16(9)11)15(19)10-5-6-13(18)12(17)7-10/h2-8H,1H3. The summed E-state index contributed by atoms with van der Waals surface area (Å²) in [5.74, 6) is -0.406. The molecule has 3 aromatic rings. The second kappa shape index (κ2) is 4.87. The van der Waals surface area contributed by atoms with Crippen molar-refractivity contribution in [2.45, 2.75) is 6.92 Å². The van der Waals surface area contributed by atoms with Gasteiger partial charge in [0, 0.05) is 10.9 Å². The minimum absolute atomic E-state index is 0.257. The Kier molecular flexibility index (Phi) is 3.18. The van der Waals surface area contributed by atoms with Gasteiger partial charge in [0.05, 0.1) is 4.47 Å². The fraction of sp³-hybridized carbons (Fsp3) is 0.0625. The monoisotopic (exact) mass is 332 g/mol. The highest BCUT2D eigenvalue weighted by Gasteiger charge is 2.16. The summed E-state index contributed by atoms with van der Waals surface area (Å²) in [4.78, 5) is 12.4. The SMILES string of the molecule is Cc1cccc2cc(C(=O)c3ccc(F)c(Br)c3)oc12. The van der Waals surface area contributed by atoms with E-state index in [9.17, 15) is 9.18 Å². The van der Waals surface area contributed by atoms with Gasteiger partial charge in [-0.05, 0) is 52.7 Å². The molecule has 100 valence electrons. The molecule has 2 aromatic carbocycles. The number of rotatable bonds is 2. The molecule has 0 aliphatic heterocycles. The quantitative estimate of drug-likeness (QED) is 0.626. The third kappa shape index (κ3) is 2.16. The molecule has 0 aliphatic rings. The molecule has 3 rings (SSSR count). The predicted octanol–water partition coefficient (Wildman–Crippen LogP) is 4.87. The van der Waals surface area contributed by atoms with Crippen LogP contribution in [0.3, 0.4) is 0 Å². The van der Waals surface area contributed by atoms with Gasteiger partial charge < -0.3 is 4.42 Å². The van der Waals surface area contributed by atoms with Crippen LogP contribution in [0.5, 0.6) is 0 Å². The van der Waals surface area contributed by atoms with Gasteiger partial charge in [-0.15, -0.1) is 0 Å². The Labute approximate surface area is 123 Å². The summed E-state index contributed by atoms with van der Waals surface area (Å²) in [7, 11) is 0. The molecule has 4 heteroatoms. The number of hydrogen-bond acceptors (Lipinski definition) is 2. The molecule has 0 atom stereocenters. The lowest BCUT2D eigenvalue weighted by atomic mass is 10.1. The molecule has 0 amide bonds. The van der Waals surface area contributed by atoms with Crippen LogP contribution in [0.15, 0.2) is 51.4 Å². The van der Waals surface area contributed by atoms with E-state index in [0.717, 1.165) is 10.9 Å². The van der Waals surface area contributed by atoms with Crippen LogP contribution in [-0.2, 0) is 0 Å². The third-order valence-corrected chi connectivity index (χ3v) is 3.75. The van der Waals surface area contributed by atoms with Crippen LogP contribution < -0.4 is 0 Å². The molecular formula is C16H10BrFO2. The number of para-hydroxylation sites is 1. The van der Waals surface area contributed by atoms with E-state index in [4.69, 9.17) is 4.42 Å². The van der Waals surface area contributed by atoms with Crippen LogP contribution in [-0.4, -0.2) is 5.78 Å². The Morgan fingerprint density at radius 2 is 2.00 bits per heavy atom. The second-order valence-corrected chi connectivity index (χ2v) is 5.42. The summed E-state index contributed by atoms with van der Waals surface area (Å²) in [6.45, 7) is 1.93. The first-order valence-electron chi connectivity index (χ1n) is 6.05. The topological polar surface area (TPSA) is 30.2 Å². The van der Waals surface area contributed by atoms with Crippen LogP contribution >= 0.6 is 15.9 Å². The zero-order valence-corrected chi connectivity index (χ0v) is 12.2. The number of aryl methyl sites for hydroxylation is 1. The lowest BCUT2D eigenvalue weighted by Gasteiger charge is -1.99. The molecule has 0 bridgehead atoms. The van der Waals surface area contributed by atoms with Gasteiger partial charge in [-0.25, -0.2) is 4.39 Å². The number of carbonyl (C=O) groups is 1. The maximum Gasteiger partial charge on any atom is 0.228 e. The highest BCUT2D eigenvalue weighted by molar-refractivity contribution is 9.10. The van der Waals surface area contributed by atoms with E-state index >= 15 is 0 Å². The van der Waals surface area contributed by atoms with E-state index < -0.39 is 5.82 Å². The maximum atomic E-state index is 13.2. The summed E-state index contributed by atoms with van der Waals surface area (Å²) in [6, 6.07) is 11.6. The Bertz CT molecular complexity index is 820. The van der Waals surface area contributed by atoms with Gasteiger partial charge in [0.2, 0.25) is 5.78 Å². The predicted molar refractivity (Wildman–Crippen MR) is 78.5 cm³/mol. The first-order chi connectivity index (χ1) is 9.56. The van der Waals surface area contributed by atoms with Gasteiger partial charge in [0.25, 0.3) is 0 Å². The van der Waals surface area contributed by atoms with Gasteiger partial charge >= 0.3 is 0 Å². The third-order valence-electron chi connectivity index (χ3n) is 3.15. The largest absolute Gasteiger partial charge is 0.452 e. The van der Waals surface area contributed by atoms with Crippen LogP contribution in [0.25, 0.3) is 11.0 Å². The fourth-order valence-corrected chi connectivity index (χ4v) is 2.48. The smallest absolute Gasteiger partial charge is 0.228 e. The lowest BCUT2D eigenvalue weighted by molar-refractivity contribution is 0.101. The van der Waals surface area contributed by atoms with Crippen molar-refractivity contribution in [2.24, 2.45) is 0 Å². The summed E-state index contributed by atoms with van der Waals surface area (Å²) < 4.78 is 19.1. The highest BCUT2D eigenvalue weighted by atomic mass is 79.9. The molecule has 0 aliphatic carbocycles. The minimum Gasteiger partial charge on any atom is -0.452 e. The number of benzene rings is 2. The van der Waals surface area contributed by atoms with Crippen LogP contribution in [0.1, 0.15) is 21.7 Å². The van der Waals surface area contributed by atoms with Crippen LogP contribution in [0.4, 0.5) is 4.39 Å². The zero-order chi connectivity index (χ0) is 14.3. The molecule has 0 saturated carbocycles. The molecule has 0 fully saturated rings. The van der Waals surface area contributed by atoms with Crippen molar-refractivity contribution in [1.82, 2.24) is 0 Å². The van der Waals surface area contributed by atoms with Crippen LogP contribution in [0.2, 0.25) is 0 Å². The Morgan fingerprint density at radius 3 is 2.70 bits per heavy atom. The fourth-order valence-electron chi connectivity index (χ4n) is 2.10. The Hall–Kier alpha value is -1.94. The summed E-state index contributed by atoms with van der Waals surface area (Å²) in [6.07, 6.45) is 0. The zero-order valence-electron chi connectivity index (χ0n) is 10.6. The lowest BCUT2D eigenvalue weighted by Crippen LogP contribution is -1.99. The molecule has 1 aromatic heterocycles. The normalized spacial score (nSPS) is 10.9. The van der Waals surface area contributed by atoms with E-state index in [-0.39, 0.29) is 16.0 Å². The van der Waals surface area contributed by atoms with Gasteiger partial charge in [0.15, 0.2) is 5.76 Å². The average molecular weight is 333 g/mol. The van der Waals surface area contributed by atoms with E-state index in [2.05, 4.69) is 15.9 Å². The molecule has 0 unspecified atom stereocenters. The molecule has 0 saturated heterocycles. The average Bonchev–Trinajstić information content (AvgIpc) is 2.86. The number of carbonyl (C=O) groups excluding carboxylic acids is 1. The molecule has 0 spiro atoms. The van der Waals surface area contributed by atoms with Crippen LogP contribution in [0, 0.1) is 12.7 Å². The molecule has 0 N–H and O–H groups in total. The Morgan fingerprint density at radius 1 is 1.20 bits per heavy atom. The van der Waals surface area contributed by atoms with E-state index in [1.165, 1.54) is 18.2 Å². The second-order valence-electron chi connectivity index (χ2n) is 4.56.